The van der Waals surface area contributed by atoms with Crippen LogP contribution >= 0.6 is 0 Å². The van der Waals surface area contributed by atoms with Crippen LogP contribution in [0.3, 0.4) is 0 Å². The molecule has 0 aliphatic carbocycles. The summed E-state index contributed by atoms with van der Waals surface area (Å²) >= 11 is 0. The van der Waals surface area contributed by atoms with E-state index in [2.05, 4.69) is 4.98 Å². The van der Waals surface area contributed by atoms with Gasteiger partial charge in [-0.2, -0.15) is 5.26 Å². The first-order valence-corrected chi connectivity index (χ1v) is 4.07. The second-order valence-corrected chi connectivity index (χ2v) is 2.78. The number of hydrogen-bond donors (Lipinski definition) is 1. The summed E-state index contributed by atoms with van der Waals surface area (Å²) in [6.45, 7) is -0.187. The molecule has 0 saturated heterocycles. The lowest BCUT2D eigenvalue weighted by molar-refractivity contribution is -0.391. The van der Waals surface area contributed by atoms with Gasteiger partial charge < -0.3 is 15.8 Å². The molecule has 16 heavy (non-hydrogen) atoms. The van der Waals surface area contributed by atoms with Crippen molar-refractivity contribution in [3.63, 3.8) is 0 Å². The Balaban J connectivity index is 3.49. The van der Waals surface area contributed by atoms with Gasteiger partial charge in [0.25, 0.3) is 12.1 Å². The average molecular weight is 228 g/mol. The van der Waals surface area contributed by atoms with Crippen molar-refractivity contribution in [3.8, 4) is 6.07 Å². The Kier molecular flexibility index (Phi) is 3.42. The summed E-state index contributed by atoms with van der Waals surface area (Å²) in [5.41, 5.74) is 4.14. The minimum Gasteiger partial charge on any atom is -0.358 e. The van der Waals surface area contributed by atoms with Crippen molar-refractivity contribution in [1.29, 1.82) is 5.26 Å². The molecule has 0 bridgehead atoms. The van der Waals surface area contributed by atoms with Gasteiger partial charge in [-0.15, -0.1) is 0 Å². The number of rotatable bonds is 3. The van der Waals surface area contributed by atoms with E-state index in [0.29, 0.717) is 0 Å². The summed E-state index contributed by atoms with van der Waals surface area (Å²) in [5.74, 6) is -1.01. The van der Waals surface area contributed by atoms with E-state index in [1.54, 1.807) is 6.07 Å². The van der Waals surface area contributed by atoms with Crippen molar-refractivity contribution >= 4 is 5.82 Å². The second-order valence-electron chi connectivity index (χ2n) is 2.78. The largest absolute Gasteiger partial charge is 0.373 e. The highest BCUT2D eigenvalue weighted by molar-refractivity contribution is 5.43. The number of alkyl halides is 2. The van der Waals surface area contributed by atoms with E-state index in [-0.39, 0.29) is 17.8 Å². The predicted octanol–water partition coefficient (Wildman–Crippen LogP) is 1.26. The van der Waals surface area contributed by atoms with E-state index in [1.807, 2.05) is 0 Å². The molecule has 0 aromatic carbocycles. The van der Waals surface area contributed by atoms with Crippen LogP contribution in [0.15, 0.2) is 6.07 Å². The van der Waals surface area contributed by atoms with Gasteiger partial charge in [-0.05, 0) is 16.0 Å². The maximum absolute atomic E-state index is 12.5. The lowest BCUT2D eigenvalue weighted by Crippen LogP contribution is -2.07. The Morgan fingerprint density at radius 1 is 1.69 bits per heavy atom. The summed E-state index contributed by atoms with van der Waals surface area (Å²) in [5, 5.41) is 19.1. The first kappa shape index (κ1) is 11.9. The van der Waals surface area contributed by atoms with E-state index in [9.17, 15) is 18.9 Å². The van der Waals surface area contributed by atoms with Crippen LogP contribution in [0, 0.1) is 21.4 Å². The fourth-order valence-electron chi connectivity index (χ4n) is 1.12. The highest BCUT2D eigenvalue weighted by Crippen LogP contribution is 2.28. The average Bonchev–Trinajstić information content (AvgIpc) is 2.26. The Morgan fingerprint density at radius 2 is 2.31 bits per heavy atom. The molecule has 8 heteroatoms. The minimum absolute atomic E-state index is 0.0587. The van der Waals surface area contributed by atoms with Crippen molar-refractivity contribution in [2.75, 3.05) is 0 Å². The van der Waals surface area contributed by atoms with Crippen LogP contribution in [-0.2, 0) is 6.54 Å². The molecule has 1 rings (SSSR count). The first-order valence-electron chi connectivity index (χ1n) is 4.07. The van der Waals surface area contributed by atoms with Crippen molar-refractivity contribution in [1.82, 2.24) is 4.98 Å². The summed E-state index contributed by atoms with van der Waals surface area (Å²) in [4.78, 5) is 12.7. The topological polar surface area (TPSA) is 106 Å². The maximum atomic E-state index is 12.5. The summed E-state index contributed by atoms with van der Waals surface area (Å²) in [6, 6.07) is 2.41. The van der Waals surface area contributed by atoms with Gasteiger partial charge in [-0.25, -0.2) is 8.78 Å². The standard InChI is InChI=1S/C8H6F2N4O2/c9-7(10)5-1-4(2-11)6(3-12)13-8(5)14(15)16/h1,7H,2,11H2. The molecule has 0 spiro atoms. The van der Waals surface area contributed by atoms with Crippen molar-refractivity contribution < 1.29 is 13.7 Å². The molecule has 1 aromatic rings. The number of aromatic nitrogens is 1. The zero-order chi connectivity index (χ0) is 12.3. The molecule has 0 atom stereocenters. The van der Waals surface area contributed by atoms with Gasteiger partial charge in [0.2, 0.25) is 0 Å². The molecule has 1 aromatic heterocycles. The van der Waals surface area contributed by atoms with Crippen LogP contribution in [0.4, 0.5) is 14.6 Å². The summed E-state index contributed by atoms with van der Waals surface area (Å²) in [7, 11) is 0. The molecule has 0 radical (unpaired) electrons. The number of halogens is 2. The van der Waals surface area contributed by atoms with E-state index >= 15 is 0 Å². The zero-order valence-electron chi connectivity index (χ0n) is 7.85. The molecule has 6 nitrogen and oxygen atoms in total. The van der Waals surface area contributed by atoms with Crippen molar-refractivity contribution in [3.05, 3.63) is 33.0 Å². The minimum atomic E-state index is -3.04. The number of hydrogen-bond acceptors (Lipinski definition) is 5. The Bertz CT molecular complexity index is 470. The number of nitro groups is 1. The number of pyridine rings is 1. The van der Waals surface area contributed by atoms with Gasteiger partial charge in [0.1, 0.15) is 11.6 Å². The third kappa shape index (κ3) is 2.09. The highest BCUT2D eigenvalue weighted by Gasteiger charge is 2.26. The van der Waals surface area contributed by atoms with E-state index in [4.69, 9.17) is 11.0 Å². The molecule has 2 N–H and O–H groups in total. The van der Waals surface area contributed by atoms with E-state index in [0.717, 1.165) is 6.07 Å². The molecular weight excluding hydrogens is 222 g/mol. The molecule has 84 valence electrons. The van der Waals surface area contributed by atoms with Gasteiger partial charge in [-0.3, -0.25) is 0 Å². The summed E-state index contributed by atoms with van der Waals surface area (Å²) < 4.78 is 24.9. The highest BCUT2D eigenvalue weighted by atomic mass is 19.3. The Hall–Kier alpha value is -2.14. The van der Waals surface area contributed by atoms with Crippen LogP contribution in [0.5, 0.6) is 0 Å². The lowest BCUT2D eigenvalue weighted by atomic mass is 10.1. The maximum Gasteiger partial charge on any atom is 0.373 e. The van der Waals surface area contributed by atoms with Crippen molar-refractivity contribution in [2.24, 2.45) is 5.73 Å². The third-order valence-electron chi connectivity index (χ3n) is 1.84. The van der Waals surface area contributed by atoms with Gasteiger partial charge >= 0.3 is 5.82 Å². The second kappa shape index (κ2) is 4.59. The quantitative estimate of drug-likeness (QED) is 0.619. The SMILES string of the molecule is N#Cc1nc([N+](=O)[O-])c(C(F)F)cc1CN. The van der Waals surface area contributed by atoms with Crippen LogP contribution in [0.25, 0.3) is 0 Å². The van der Waals surface area contributed by atoms with Gasteiger partial charge in [-0.1, -0.05) is 0 Å². The van der Waals surface area contributed by atoms with Gasteiger partial charge in [0, 0.05) is 12.1 Å². The third-order valence-corrected chi connectivity index (χ3v) is 1.84. The van der Waals surface area contributed by atoms with Crippen LogP contribution in [-0.4, -0.2) is 9.91 Å². The summed E-state index contributed by atoms with van der Waals surface area (Å²) in [6.07, 6.45) is -3.04. The molecule has 1 heterocycles. The molecule has 0 aliphatic heterocycles. The zero-order valence-corrected chi connectivity index (χ0v) is 7.85. The Morgan fingerprint density at radius 3 is 2.69 bits per heavy atom. The predicted molar refractivity (Wildman–Crippen MR) is 48.5 cm³/mol. The Labute approximate surface area is 88.5 Å². The van der Waals surface area contributed by atoms with Crippen LogP contribution in [0.1, 0.15) is 23.2 Å². The molecule has 0 fully saturated rings. The fourth-order valence-corrected chi connectivity index (χ4v) is 1.12. The van der Waals surface area contributed by atoms with E-state index in [1.165, 1.54) is 0 Å². The fraction of sp³-hybridized carbons (Fsp3) is 0.250. The number of nitrogens with two attached hydrogens (primary N) is 1. The van der Waals surface area contributed by atoms with E-state index < -0.39 is 22.7 Å². The van der Waals surface area contributed by atoms with Crippen LogP contribution < -0.4 is 5.73 Å². The number of nitrogens with zero attached hydrogens (tertiary/aromatic N) is 3. The molecule has 0 saturated carbocycles. The first-order chi connectivity index (χ1) is 7.51. The molecule has 0 unspecified atom stereocenters. The van der Waals surface area contributed by atoms with Crippen LogP contribution in [0.2, 0.25) is 0 Å². The van der Waals surface area contributed by atoms with Gasteiger partial charge in [0.05, 0.1) is 0 Å². The number of nitriles is 1. The normalized spacial score (nSPS) is 10.2. The van der Waals surface area contributed by atoms with Gasteiger partial charge in [0.15, 0.2) is 0 Å². The smallest absolute Gasteiger partial charge is 0.358 e. The molecule has 0 aliphatic rings. The monoisotopic (exact) mass is 228 g/mol. The lowest BCUT2D eigenvalue weighted by Gasteiger charge is -2.03. The molecule has 0 amide bonds. The molecular formula is C8H6F2N4O2. The van der Waals surface area contributed by atoms with Crippen molar-refractivity contribution in [2.45, 2.75) is 13.0 Å².